The van der Waals surface area contributed by atoms with Crippen molar-refractivity contribution in [3.8, 4) is 5.75 Å². The maximum Gasteiger partial charge on any atom is 0.325 e. The monoisotopic (exact) mass is 293 g/mol. The summed E-state index contributed by atoms with van der Waals surface area (Å²) in [4.78, 5) is 25.4. The fourth-order valence-electron chi connectivity index (χ4n) is 1.81. The molecule has 1 aromatic carbocycles. The number of rotatable bonds is 8. The Balaban J connectivity index is 2.77. The van der Waals surface area contributed by atoms with Crippen molar-refractivity contribution in [2.24, 2.45) is 0 Å². The molecule has 0 radical (unpaired) electrons. The van der Waals surface area contributed by atoms with Crippen LogP contribution in [-0.2, 0) is 9.53 Å². The van der Waals surface area contributed by atoms with Crippen molar-refractivity contribution in [3.05, 3.63) is 29.8 Å². The summed E-state index contributed by atoms with van der Waals surface area (Å²) in [7, 11) is 0. The highest BCUT2D eigenvalue weighted by Crippen LogP contribution is 2.15. The molecule has 5 nitrogen and oxygen atoms in total. The molecule has 0 N–H and O–H groups in total. The summed E-state index contributed by atoms with van der Waals surface area (Å²) in [6.07, 6.45) is 0.905. The van der Waals surface area contributed by atoms with Gasteiger partial charge in [0.25, 0.3) is 5.91 Å². The minimum Gasteiger partial charge on any atom is -0.494 e. The van der Waals surface area contributed by atoms with Crippen LogP contribution in [0.2, 0.25) is 0 Å². The van der Waals surface area contributed by atoms with E-state index in [1.807, 2.05) is 19.9 Å². The molecule has 0 aliphatic rings. The SMILES string of the molecule is CCCOc1cccc(C(=O)N(CC)CC(=O)OCC)c1. The molecule has 0 bridgehead atoms. The van der Waals surface area contributed by atoms with Gasteiger partial charge in [0.15, 0.2) is 0 Å². The molecule has 1 amide bonds. The van der Waals surface area contributed by atoms with Crippen LogP contribution in [0.15, 0.2) is 24.3 Å². The summed E-state index contributed by atoms with van der Waals surface area (Å²) >= 11 is 0. The number of benzene rings is 1. The molecule has 1 rings (SSSR count). The van der Waals surface area contributed by atoms with E-state index in [0.29, 0.717) is 31.1 Å². The van der Waals surface area contributed by atoms with Crippen molar-refractivity contribution in [1.29, 1.82) is 0 Å². The van der Waals surface area contributed by atoms with E-state index in [9.17, 15) is 9.59 Å². The predicted octanol–water partition coefficient (Wildman–Crippen LogP) is 2.50. The smallest absolute Gasteiger partial charge is 0.325 e. The van der Waals surface area contributed by atoms with Crippen molar-refractivity contribution in [2.45, 2.75) is 27.2 Å². The molecular weight excluding hydrogens is 270 g/mol. The van der Waals surface area contributed by atoms with Crippen molar-refractivity contribution >= 4 is 11.9 Å². The second-order valence-corrected chi connectivity index (χ2v) is 4.50. The van der Waals surface area contributed by atoms with Crippen LogP contribution in [0.25, 0.3) is 0 Å². The third-order valence-corrected chi connectivity index (χ3v) is 2.85. The highest BCUT2D eigenvalue weighted by atomic mass is 16.5. The maximum atomic E-state index is 12.4. The van der Waals surface area contributed by atoms with Gasteiger partial charge in [0.05, 0.1) is 13.2 Å². The van der Waals surface area contributed by atoms with Gasteiger partial charge in [0, 0.05) is 12.1 Å². The van der Waals surface area contributed by atoms with Crippen LogP contribution < -0.4 is 4.74 Å². The molecular formula is C16H23NO4. The topological polar surface area (TPSA) is 55.8 Å². The first-order chi connectivity index (χ1) is 10.1. The zero-order valence-corrected chi connectivity index (χ0v) is 12.9. The fraction of sp³-hybridized carbons (Fsp3) is 0.500. The Kier molecular flexibility index (Phi) is 7.29. The number of likely N-dealkylation sites (N-methyl/N-ethyl adjacent to an activating group) is 1. The minimum atomic E-state index is -0.397. The lowest BCUT2D eigenvalue weighted by molar-refractivity contribution is -0.143. The fourth-order valence-corrected chi connectivity index (χ4v) is 1.81. The van der Waals surface area contributed by atoms with Gasteiger partial charge in [-0.1, -0.05) is 13.0 Å². The van der Waals surface area contributed by atoms with Gasteiger partial charge in [-0.2, -0.15) is 0 Å². The Labute approximate surface area is 125 Å². The Morgan fingerprint density at radius 1 is 1.19 bits per heavy atom. The number of ether oxygens (including phenoxy) is 2. The van der Waals surface area contributed by atoms with Crippen LogP contribution in [0.5, 0.6) is 5.75 Å². The third kappa shape index (κ3) is 5.45. The lowest BCUT2D eigenvalue weighted by Gasteiger charge is -2.20. The maximum absolute atomic E-state index is 12.4. The van der Waals surface area contributed by atoms with Crippen LogP contribution in [0, 0.1) is 0 Å². The Morgan fingerprint density at radius 3 is 2.57 bits per heavy atom. The first-order valence-corrected chi connectivity index (χ1v) is 7.30. The average molecular weight is 293 g/mol. The Hall–Kier alpha value is -2.04. The number of hydrogen-bond acceptors (Lipinski definition) is 4. The first-order valence-electron chi connectivity index (χ1n) is 7.30. The van der Waals surface area contributed by atoms with Gasteiger partial charge in [-0.25, -0.2) is 0 Å². The van der Waals surface area contributed by atoms with Gasteiger partial charge in [0.1, 0.15) is 12.3 Å². The van der Waals surface area contributed by atoms with E-state index in [-0.39, 0.29) is 12.5 Å². The van der Waals surface area contributed by atoms with Gasteiger partial charge in [-0.05, 0) is 38.5 Å². The number of nitrogens with zero attached hydrogens (tertiary/aromatic N) is 1. The van der Waals surface area contributed by atoms with Gasteiger partial charge in [0.2, 0.25) is 0 Å². The van der Waals surface area contributed by atoms with Crippen molar-refractivity contribution in [3.63, 3.8) is 0 Å². The van der Waals surface area contributed by atoms with E-state index >= 15 is 0 Å². The van der Waals surface area contributed by atoms with E-state index < -0.39 is 5.97 Å². The molecule has 21 heavy (non-hydrogen) atoms. The van der Waals surface area contributed by atoms with E-state index in [1.165, 1.54) is 4.90 Å². The molecule has 0 heterocycles. The van der Waals surface area contributed by atoms with Gasteiger partial charge < -0.3 is 14.4 Å². The summed E-state index contributed by atoms with van der Waals surface area (Å²) in [5.74, 6) is 0.0634. The highest BCUT2D eigenvalue weighted by molar-refractivity contribution is 5.96. The van der Waals surface area contributed by atoms with Crippen LogP contribution in [0.4, 0.5) is 0 Å². The van der Waals surface area contributed by atoms with E-state index in [0.717, 1.165) is 6.42 Å². The summed E-state index contributed by atoms with van der Waals surface area (Å²) in [6.45, 7) is 6.91. The largest absolute Gasteiger partial charge is 0.494 e. The number of esters is 1. The van der Waals surface area contributed by atoms with Gasteiger partial charge in [-0.15, -0.1) is 0 Å². The van der Waals surface area contributed by atoms with Crippen LogP contribution in [0.1, 0.15) is 37.6 Å². The number of carbonyl (C=O) groups is 2. The zero-order chi connectivity index (χ0) is 15.7. The molecule has 5 heteroatoms. The second kappa shape index (κ2) is 9.00. The van der Waals surface area contributed by atoms with E-state index in [1.54, 1.807) is 25.1 Å². The van der Waals surface area contributed by atoms with Crippen molar-refractivity contribution in [1.82, 2.24) is 4.90 Å². The van der Waals surface area contributed by atoms with Crippen LogP contribution >= 0.6 is 0 Å². The molecule has 0 aliphatic carbocycles. The molecule has 0 aromatic heterocycles. The minimum absolute atomic E-state index is 0.0385. The summed E-state index contributed by atoms with van der Waals surface area (Å²) in [6, 6.07) is 7.01. The summed E-state index contributed by atoms with van der Waals surface area (Å²) < 4.78 is 10.4. The molecule has 0 saturated heterocycles. The quantitative estimate of drug-likeness (QED) is 0.691. The standard InChI is InChI=1S/C16H23NO4/c1-4-10-21-14-9-7-8-13(11-14)16(19)17(5-2)12-15(18)20-6-3/h7-9,11H,4-6,10,12H2,1-3H3. The molecule has 0 saturated carbocycles. The summed E-state index contributed by atoms with van der Waals surface area (Å²) in [5, 5.41) is 0. The number of amides is 1. The lowest BCUT2D eigenvalue weighted by atomic mass is 10.2. The number of hydrogen-bond donors (Lipinski definition) is 0. The first kappa shape index (κ1) is 17.0. The number of carbonyl (C=O) groups excluding carboxylic acids is 2. The Bertz CT molecular complexity index is 473. The highest BCUT2D eigenvalue weighted by Gasteiger charge is 2.18. The predicted molar refractivity (Wildman–Crippen MR) is 80.4 cm³/mol. The molecule has 0 unspecified atom stereocenters. The molecule has 0 aliphatic heterocycles. The van der Waals surface area contributed by atoms with Crippen molar-refractivity contribution in [2.75, 3.05) is 26.3 Å². The lowest BCUT2D eigenvalue weighted by Crippen LogP contribution is -2.36. The van der Waals surface area contributed by atoms with E-state index in [2.05, 4.69) is 0 Å². The normalized spacial score (nSPS) is 10.0. The molecule has 0 atom stereocenters. The summed E-state index contributed by atoms with van der Waals surface area (Å²) in [5.41, 5.74) is 0.509. The van der Waals surface area contributed by atoms with Gasteiger partial charge in [-0.3, -0.25) is 9.59 Å². The average Bonchev–Trinajstić information content (AvgIpc) is 2.50. The molecule has 0 spiro atoms. The van der Waals surface area contributed by atoms with Gasteiger partial charge >= 0.3 is 5.97 Å². The third-order valence-electron chi connectivity index (χ3n) is 2.85. The Morgan fingerprint density at radius 2 is 1.95 bits per heavy atom. The molecule has 116 valence electrons. The zero-order valence-electron chi connectivity index (χ0n) is 12.9. The second-order valence-electron chi connectivity index (χ2n) is 4.50. The van der Waals surface area contributed by atoms with Crippen LogP contribution in [0.3, 0.4) is 0 Å². The molecule has 1 aromatic rings. The van der Waals surface area contributed by atoms with Crippen molar-refractivity contribution < 1.29 is 19.1 Å². The van der Waals surface area contributed by atoms with E-state index in [4.69, 9.17) is 9.47 Å². The van der Waals surface area contributed by atoms with Crippen LogP contribution in [-0.4, -0.2) is 43.1 Å². The molecule has 0 fully saturated rings.